The largest absolute Gasteiger partial charge is 0.390 e. The zero-order valence-corrected chi connectivity index (χ0v) is 23.1. The minimum absolute atomic E-state index is 0.392. The summed E-state index contributed by atoms with van der Waals surface area (Å²) in [6.45, 7) is 10.7. The molecule has 184 valence electrons. The zero-order chi connectivity index (χ0) is 23.5. The number of aliphatic hydroxyl groups excluding tert-OH is 1. The fourth-order valence-corrected chi connectivity index (χ4v) is 6.43. The van der Waals surface area contributed by atoms with Crippen LogP contribution >= 0.6 is 31.9 Å². The summed E-state index contributed by atoms with van der Waals surface area (Å²) in [5.41, 5.74) is 2.35. The average Bonchev–Trinajstić information content (AvgIpc) is 3.12. The van der Waals surface area contributed by atoms with Crippen LogP contribution in [0.4, 0.5) is 0 Å². The summed E-state index contributed by atoms with van der Waals surface area (Å²) in [5.74, 6) is 0. The Kier molecular flexibility index (Phi) is 8.29. The van der Waals surface area contributed by atoms with Crippen LogP contribution in [0.25, 0.3) is 21.8 Å². The third-order valence-corrected chi connectivity index (χ3v) is 8.50. The van der Waals surface area contributed by atoms with Crippen molar-refractivity contribution in [3.8, 4) is 0 Å². The van der Waals surface area contributed by atoms with Gasteiger partial charge in [-0.2, -0.15) is 0 Å². The first kappa shape index (κ1) is 24.7. The van der Waals surface area contributed by atoms with E-state index in [0.29, 0.717) is 6.54 Å². The van der Waals surface area contributed by atoms with Crippen molar-refractivity contribution in [3.63, 3.8) is 0 Å². The summed E-state index contributed by atoms with van der Waals surface area (Å²) in [5, 5.41) is 13.5. The van der Waals surface area contributed by atoms with Crippen LogP contribution in [-0.2, 0) is 6.54 Å². The van der Waals surface area contributed by atoms with Crippen molar-refractivity contribution in [2.24, 2.45) is 0 Å². The van der Waals surface area contributed by atoms with Gasteiger partial charge in [-0.25, -0.2) is 0 Å². The first-order valence-corrected chi connectivity index (χ1v) is 14.4. The maximum atomic E-state index is 11.1. The highest BCUT2D eigenvalue weighted by molar-refractivity contribution is 9.10. The van der Waals surface area contributed by atoms with E-state index in [1.807, 2.05) is 0 Å². The molecule has 0 aliphatic carbocycles. The second kappa shape index (κ2) is 11.4. The van der Waals surface area contributed by atoms with Crippen molar-refractivity contribution >= 4 is 53.7 Å². The number of piperazine rings is 1. The van der Waals surface area contributed by atoms with Gasteiger partial charge >= 0.3 is 0 Å². The van der Waals surface area contributed by atoms with Crippen molar-refractivity contribution < 1.29 is 5.11 Å². The lowest BCUT2D eigenvalue weighted by molar-refractivity contribution is 0.0640. The van der Waals surface area contributed by atoms with E-state index < -0.39 is 6.10 Å². The van der Waals surface area contributed by atoms with Crippen LogP contribution < -0.4 is 0 Å². The van der Waals surface area contributed by atoms with E-state index in [9.17, 15) is 5.11 Å². The molecule has 2 aliphatic heterocycles. The van der Waals surface area contributed by atoms with Gasteiger partial charge in [0.2, 0.25) is 0 Å². The Morgan fingerprint density at radius 1 is 0.676 bits per heavy atom. The molecule has 2 saturated heterocycles. The summed E-state index contributed by atoms with van der Waals surface area (Å²) >= 11 is 7.24. The molecule has 1 unspecified atom stereocenters. The average molecular weight is 592 g/mol. The topological polar surface area (TPSA) is 34.9 Å². The van der Waals surface area contributed by atoms with Crippen LogP contribution in [0.2, 0.25) is 0 Å². The van der Waals surface area contributed by atoms with Crippen molar-refractivity contribution in [1.29, 1.82) is 0 Å². The molecule has 3 aromatic rings. The van der Waals surface area contributed by atoms with E-state index >= 15 is 0 Å². The van der Waals surface area contributed by atoms with Crippen LogP contribution in [0, 0.1) is 0 Å². The summed E-state index contributed by atoms with van der Waals surface area (Å²) in [6, 6.07) is 12.8. The minimum Gasteiger partial charge on any atom is -0.390 e. The van der Waals surface area contributed by atoms with Crippen molar-refractivity contribution in [2.45, 2.75) is 38.3 Å². The number of hydrogen-bond acceptors (Lipinski definition) is 4. The van der Waals surface area contributed by atoms with Gasteiger partial charge < -0.3 is 19.5 Å². The molecule has 1 atom stereocenters. The van der Waals surface area contributed by atoms with Crippen LogP contribution in [0.15, 0.2) is 45.3 Å². The van der Waals surface area contributed by atoms with E-state index in [4.69, 9.17) is 0 Å². The number of fused-ring (bicyclic) bond motifs is 3. The predicted molar refractivity (Wildman–Crippen MR) is 149 cm³/mol. The number of rotatable bonds is 8. The SMILES string of the molecule is OC(CN1CCN(CCCN2CCCCC2)CC1)Cn1c2ccc(Br)cc2c2cc(Br)ccc21. The first-order chi connectivity index (χ1) is 16.6. The van der Waals surface area contributed by atoms with Crippen LogP contribution in [0.3, 0.4) is 0 Å². The van der Waals surface area contributed by atoms with Gasteiger partial charge in [-0.1, -0.05) is 38.3 Å². The molecule has 0 amide bonds. The smallest absolute Gasteiger partial charge is 0.0845 e. The van der Waals surface area contributed by atoms with Crippen molar-refractivity contribution in [2.75, 3.05) is 58.9 Å². The Morgan fingerprint density at radius 3 is 1.79 bits per heavy atom. The number of piperidine rings is 1. The second-order valence-electron chi connectivity index (χ2n) is 9.99. The number of likely N-dealkylation sites (tertiary alicyclic amines) is 1. The molecule has 5 rings (SSSR count). The molecule has 2 aliphatic rings. The Morgan fingerprint density at radius 2 is 1.21 bits per heavy atom. The lowest BCUT2D eigenvalue weighted by atomic mass is 10.1. The van der Waals surface area contributed by atoms with E-state index in [2.05, 4.69) is 87.5 Å². The molecule has 7 heteroatoms. The van der Waals surface area contributed by atoms with Gasteiger partial charge in [0.15, 0.2) is 0 Å². The molecule has 0 bridgehead atoms. The first-order valence-electron chi connectivity index (χ1n) is 12.8. The molecule has 2 aromatic carbocycles. The summed E-state index contributed by atoms with van der Waals surface area (Å²) in [6.07, 6.45) is 5.06. The lowest BCUT2D eigenvalue weighted by Crippen LogP contribution is -2.49. The van der Waals surface area contributed by atoms with Crippen molar-refractivity contribution in [3.05, 3.63) is 45.3 Å². The highest BCUT2D eigenvalue weighted by Gasteiger charge is 2.21. The van der Waals surface area contributed by atoms with E-state index in [0.717, 1.165) is 41.7 Å². The normalized spacial score (nSPS) is 19.9. The van der Waals surface area contributed by atoms with Gasteiger partial charge in [0, 0.05) is 63.5 Å². The third kappa shape index (κ3) is 5.88. The van der Waals surface area contributed by atoms with Crippen molar-refractivity contribution in [1.82, 2.24) is 19.3 Å². The van der Waals surface area contributed by atoms with Gasteiger partial charge in [0.1, 0.15) is 0 Å². The predicted octanol–water partition coefficient (Wildman–Crippen LogP) is 5.17. The molecule has 1 N–H and O–H groups in total. The number of aromatic nitrogens is 1. The highest BCUT2D eigenvalue weighted by atomic mass is 79.9. The highest BCUT2D eigenvalue weighted by Crippen LogP contribution is 2.33. The van der Waals surface area contributed by atoms with Gasteiger partial charge in [-0.15, -0.1) is 0 Å². The summed E-state index contributed by atoms with van der Waals surface area (Å²) < 4.78 is 4.44. The number of halogens is 2. The van der Waals surface area contributed by atoms with Crippen LogP contribution in [-0.4, -0.2) is 89.4 Å². The zero-order valence-electron chi connectivity index (χ0n) is 19.9. The molecule has 0 saturated carbocycles. The lowest BCUT2D eigenvalue weighted by Gasteiger charge is -2.36. The van der Waals surface area contributed by atoms with Crippen LogP contribution in [0.5, 0.6) is 0 Å². The fraction of sp³-hybridized carbons (Fsp3) is 0.556. The fourth-order valence-electron chi connectivity index (χ4n) is 5.71. The number of β-amino-alcohol motifs (C(OH)–C–C–N with tert-alkyl or cyclic N) is 1. The molecular weight excluding hydrogens is 556 g/mol. The molecule has 0 radical (unpaired) electrons. The molecule has 34 heavy (non-hydrogen) atoms. The van der Waals surface area contributed by atoms with Crippen LogP contribution in [0.1, 0.15) is 25.7 Å². The van der Waals surface area contributed by atoms with Gasteiger partial charge in [0.25, 0.3) is 0 Å². The van der Waals surface area contributed by atoms with Gasteiger partial charge in [-0.05, 0) is 81.8 Å². The Bertz CT molecular complexity index is 1040. The standard InChI is InChI=1S/C27H36Br2N4O/c28-21-5-7-26-24(17-21)25-18-22(29)6-8-27(25)33(26)20-23(34)19-32-15-13-31(14-16-32)12-4-11-30-9-2-1-3-10-30/h5-8,17-18,23,34H,1-4,9-16,19-20H2. The molecular formula is C27H36Br2N4O. The monoisotopic (exact) mass is 590 g/mol. The molecule has 2 fully saturated rings. The molecule has 1 aromatic heterocycles. The van der Waals surface area contributed by atoms with E-state index in [-0.39, 0.29) is 0 Å². The maximum absolute atomic E-state index is 11.1. The number of aliphatic hydroxyl groups is 1. The van der Waals surface area contributed by atoms with E-state index in [1.165, 1.54) is 73.7 Å². The second-order valence-corrected chi connectivity index (χ2v) is 11.8. The Hall–Kier alpha value is -0.960. The van der Waals surface area contributed by atoms with Gasteiger partial charge in [-0.3, -0.25) is 4.90 Å². The van der Waals surface area contributed by atoms with Gasteiger partial charge in [0.05, 0.1) is 12.6 Å². The molecule has 5 nitrogen and oxygen atoms in total. The molecule has 0 spiro atoms. The Labute approximate surface area is 219 Å². The number of benzene rings is 2. The van der Waals surface area contributed by atoms with E-state index in [1.54, 1.807) is 0 Å². The minimum atomic E-state index is -0.392. The Balaban J connectivity index is 1.15. The quantitative estimate of drug-likeness (QED) is 0.392. The number of hydrogen-bond donors (Lipinski definition) is 1. The molecule has 3 heterocycles. The summed E-state index contributed by atoms with van der Waals surface area (Å²) in [7, 11) is 0. The number of nitrogens with zero attached hydrogens (tertiary/aromatic N) is 4. The third-order valence-electron chi connectivity index (χ3n) is 7.51. The maximum Gasteiger partial charge on any atom is 0.0845 e. The summed E-state index contributed by atoms with van der Waals surface area (Å²) in [4.78, 5) is 7.69.